The van der Waals surface area contributed by atoms with Gasteiger partial charge in [0.25, 0.3) is 0 Å². The molecule has 19 heavy (non-hydrogen) atoms. The molecule has 0 saturated carbocycles. The maximum atomic E-state index is 4.34. The molecule has 0 aliphatic carbocycles. The second-order valence-electron chi connectivity index (χ2n) is 4.16. The van der Waals surface area contributed by atoms with Crippen LogP contribution in [0.5, 0.6) is 0 Å². The smallest absolute Gasteiger partial charge is 0.138 e. The van der Waals surface area contributed by atoms with Gasteiger partial charge in [-0.1, -0.05) is 18.2 Å². The fourth-order valence-corrected chi connectivity index (χ4v) is 1.81. The van der Waals surface area contributed by atoms with E-state index in [-0.39, 0.29) is 0 Å². The molecule has 0 saturated heterocycles. The van der Waals surface area contributed by atoms with Crippen molar-refractivity contribution in [3.05, 3.63) is 60.4 Å². The lowest BCUT2D eigenvalue weighted by molar-refractivity contribution is 0.664. The van der Waals surface area contributed by atoms with E-state index in [0.29, 0.717) is 6.54 Å². The van der Waals surface area contributed by atoms with Gasteiger partial charge in [0.2, 0.25) is 0 Å². The lowest BCUT2D eigenvalue weighted by Gasteiger charge is -2.00. The predicted octanol–water partition coefficient (Wildman–Crippen LogP) is 1.28. The molecule has 3 rings (SSSR count). The lowest BCUT2D eigenvalue weighted by Crippen LogP contribution is -2.13. The summed E-state index contributed by atoms with van der Waals surface area (Å²) in [6.07, 6.45) is 5.38. The summed E-state index contributed by atoms with van der Waals surface area (Å²) >= 11 is 0. The summed E-state index contributed by atoms with van der Waals surface area (Å²) in [5, 5.41) is 14.2. The molecule has 6 heteroatoms. The number of aromatic nitrogens is 5. The zero-order chi connectivity index (χ0) is 12.9. The highest BCUT2D eigenvalue weighted by atomic mass is 15.3. The fourth-order valence-electron chi connectivity index (χ4n) is 1.81. The Morgan fingerprint density at radius 3 is 2.84 bits per heavy atom. The van der Waals surface area contributed by atoms with E-state index in [9.17, 15) is 0 Å². The largest absolute Gasteiger partial charge is 0.306 e. The molecular formula is C13H14N6. The van der Waals surface area contributed by atoms with Gasteiger partial charge < -0.3 is 5.32 Å². The quantitative estimate of drug-likeness (QED) is 0.719. The Hall–Kier alpha value is -2.47. The molecule has 0 amide bonds. The molecule has 2 N–H and O–H groups in total. The van der Waals surface area contributed by atoms with Crippen LogP contribution in [0.2, 0.25) is 0 Å². The molecule has 2 heterocycles. The Bertz CT molecular complexity index is 614. The number of hydrogen-bond donors (Lipinski definition) is 2. The highest BCUT2D eigenvalue weighted by molar-refractivity contribution is 5.30. The minimum atomic E-state index is 0.663. The van der Waals surface area contributed by atoms with Crippen LogP contribution in [-0.4, -0.2) is 25.0 Å². The number of aromatic amines is 1. The number of para-hydroxylation sites is 1. The van der Waals surface area contributed by atoms with Crippen LogP contribution in [0.1, 0.15) is 11.4 Å². The molecule has 3 aromatic rings. The zero-order valence-electron chi connectivity index (χ0n) is 10.3. The normalized spacial score (nSPS) is 10.7. The third kappa shape index (κ3) is 2.86. The van der Waals surface area contributed by atoms with E-state index in [1.54, 1.807) is 0 Å². The molecule has 0 aliphatic heterocycles. The Balaban J connectivity index is 1.59. The minimum absolute atomic E-state index is 0.663. The van der Waals surface area contributed by atoms with Gasteiger partial charge >= 0.3 is 0 Å². The molecule has 6 nitrogen and oxygen atoms in total. The van der Waals surface area contributed by atoms with Crippen molar-refractivity contribution in [3.63, 3.8) is 0 Å². The van der Waals surface area contributed by atoms with Crippen LogP contribution in [0.3, 0.4) is 0 Å². The first-order chi connectivity index (χ1) is 9.42. The molecule has 0 aliphatic rings. The first-order valence-corrected chi connectivity index (χ1v) is 6.06. The predicted molar refractivity (Wildman–Crippen MR) is 70.5 cm³/mol. The summed E-state index contributed by atoms with van der Waals surface area (Å²) in [6.45, 7) is 1.41. The van der Waals surface area contributed by atoms with Crippen LogP contribution in [0.25, 0.3) is 5.69 Å². The second-order valence-corrected chi connectivity index (χ2v) is 4.16. The van der Waals surface area contributed by atoms with E-state index in [1.165, 1.54) is 6.33 Å². The van der Waals surface area contributed by atoms with E-state index in [2.05, 4.69) is 25.6 Å². The van der Waals surface area contributed by atoms with Crippen LogP contribution >= 0.6 is 0 Å². The average molecular weight is 254 g/mol. The van der Waals surface area contributed by atoms with Gasteiger partial charge in [0.05, 0.1) is 18.4 Å². The molecule has 2 aromatic heterocycles. The third-order valence-corrected chi connectivity index (χ3v) is 2.74. The summed E-state index contributed by atoms with van der Waals surface area (Å²) in [5.41, 5.74) is 2.19. The van der Waals surface area contributed by atoms with Crippen LogP contribution in [-0.2, 0) is 13.1 Å². The molecule has 0 radical (unpaired) electrons. The van der Waals surface area contributed by atoms with Crippen LogP contribution < -0.4 is 5.32 Å². The van der Waals surface area contributed by atoms with Crippen molar-refractivity contribution in [3.8, 4) is 5.69 Å². The van der Waals surface area contributed by atoms with Crippen molar-refractivity contribution >= 4 is 0 Å². The van der Waals surface area contributed by atoms with Gasteiger partial charge in [0.1, 0.15) is 12.2 Å². The number of nitrogens with one attached hydrogen (secondary N) is 2. The SMILES string of the molecule is c1ccc(-n2cc(CNCc3ncn[nH]3)cn2)cc1. The van der Waals surface area contributed by atoms with Gasteiger partial charge in [-0.2, -0.15) is 10.2 Å². The van der Waals surface area contributed by atoms with E-state index in [1.807, 2.05) is 47.4 Å². The maximum absolute atomic E-state index is 4.34. The van der Waals surface area contributed by atoms with Gasteiger partial charge in [0, 0.05) is 18.3 Å². The molecular weight excluding hydrogens is 240 g/mol. The van der Waals surface area contributed by atoms with Crippen LogP contribution in [0, 0.1) is 0 Å². The number of H-pyrrole nitrogens is 1. The van der Waals surface area contributed by atoms with E-state index < -0.39 is 0 Å². The lowest BCUT2D eigenvalue weighted by atomic mass is 10.3. The number of nitrogens with zero attached hydrogens (tertiary/aromatic N) is 4. The second kappa shape index (κ2) is 5.45. The van der Waals surface area contributed by atoms with Crippen molar-refractivity contribution in [2.24, 2.45) is 0 Å². The topological polar surface area (TPSA) is 71.4 Å². The van der Waals surface area contributed by atoms with Crippen molar-refractivity contribution < 1.29 is 0 Å². The Kier molecular flexibility index (Phi) is 3.33. The Morgan fingerprint density at radius 2 is 2.05 bits per heavy atom. The van der Waals surface area contributed by atoms with Crippen LogP contribution in [0.4, 0.5) is 0 Å². The average Bonchev–Trinajstić information content (AvgIpc) is 3.11. The highest BCUT2D eigenvalue weighted by Crippen LogP contribution is 2.07. The van der Waals surface area contributed by atoms with Crippen LogP contribution in [0.15, 0.2) is 49.1 Å². The van der Waals surface area contributed by atoms with Gasteiger partial charge in [0.15, 0.2) is 0 Å². The molecule has 0 atom stereocenters. The van der Waals surface area contributed by atoms with Crippen molar-refractivity contribution in [2.75, 3.05) is 0 Å². The van der Waals surface area contributed by atoms with E-state index >= 15 is 0 Å². The summed E-state index contributed by atoms with van der Waals surface area (Å²) in [6, 6.07) is 10.0. The first kappa shape index (κ1) is 11.6. The van der Waals surface area contributed by atoms with Gasteiger partial charge in [-0.15, -0.1) is 0 Å². The van der Waals surface area contributed by atoms with Crippen molar-refractivity contribution in [1.82, 2.24) is 30.3 Å². The van der Waals surface area contributed by atoms with Crippen molar-refractivity contribution in [1.29, 1.82) is 0 Å². The number of benzene rings is 1. The monoisotopic (exact) mass is 254 g/mol. The zero-order valence-corrected chi connectivity index (χ0v) is 10.3. The maximum Gasteiger partial charge on any atom is 0.138 e. The molecule has 0 fully saturated rings. The summed E-state index contributed by atoms with van der Waals surface area (Å²) in [4.78, 5) is 4.05. The highest BCUT2D eigenvalue weighted by Gasteiger charge is 2.01. The third-order valence-electron chi connectivity index (χ3n) is 2.74. The van der Waals surface area contributed by atoms with E-state index in [4.69, 9.17) is 0 Å². The molecule has 96 valence electrons. The summed E-state index contributed by atoms with van der Waals surface area (Å²) in [7, 11) is 0. The summed E-state index contributed by atoms with van der Waals surface area (Å²) in [5.74, 6) is 0.829. The number of hydrogen-bond acceptors (Lipinski definition) is 4. The molecule has 1 aromatic carbocycles. The molecule has 0 spiro atoms. The Morgan fingerprint density at radius 1 is 1.16 bits per heavy atom. The standard InChI is InChI=1S/C13H14N6/c1-2-4-12(5-3-1)19-9-11(7-17-19)6-14-8-13-15-10-16-18-13/h1-5,7,9-10,14H,6,8H2,(H,15,16,18). The molecule has 0 bridgehead atoms. The fraction of sp³-hybridized carbons (Fsp3) is 0.154. The van der Waals surface area contributed by atoms with Gasteiger partial charge in [-0.25, -0.2) is 9.67 Å². The van der Waals surface area contributed by atoms with Crippen molar-refractivity contribution in [2.45, 2.75) is 13.1 Å². The van der Waals surface area contributed by atoms with E-state index in [0.717, 1.165) is 23.6 Å². The summed E-state index contributed by atoms with van der Waals surface area (Å²) < 4.78 is 1.87. The minimum Gasteiger partial charge on any atom is -0.306 e. The Labute approximate surface area is 110 Å². The number of rotatable bonds is 5. The van der Waals surface area contributed by atoms with Gasteiger partial charge in [-0.05, 0) is 12.1 Å². The molecule has 0 unspecified atom stereocenters. The first-order valence-electron chi connectivity index (χ1n) is 6.06. The van der Waals surface area contributed by atoms with Gasteiger partial charge in [-0.3, -0.25) is 5.10 Å².